The van der Waals surface area contributed by atoms with Gasteiger partial charge in [0.2, 0.25) is 0 Å². The topological polar surface area (TPSA) is 23.8 Å². The molecule has 1 nitrogen and oxygen atoms in total. The molecule has 2 heteroatoms. The van der Waals surface area contributed by atoms with Gasteiger partial charge >= 0.3 is 0 Å². The van der Waals surface area contributed by atoms with Gasteiger partial charge in [-0.2, -0.15) is 5.26 Å². The van der Waals surface area contributed by atoms with Crippen molar-refractivity contribution in [3.8, 4) is 6.07 Å². The lowest BCUT2D eigenvalue weighted by molar-refractivity contribution is 0.860. The summed E-state index contributed by atoms with van der Waals surface area (Å²) in [6, 6.07) is 8.65. The smallest absolute Gasteiger partial charge is 0.0855 e. The number of nitrogens with zero attached hydrogens (tertiary/aromatic N) is 1. The lowest BCUT2D eigenvalue weighted by Crippen LogP contribution is -1.89. The molecule has 0 bridgehead atoms. The molecule has 0 atom stereocenters. The summed E-state index contributed by atoms with van der Waals surface area (Å²) in [6.07, 6.45) is 0. The second kappa shape index (κ2) is 5.07. The van der Waals surface area contributed by atoms with Crippen molar-refractivity contribution in [3.63, 3.8) is 0 Å². The van der Waals surface area contributed by atoms with E-state index in [1.54, 1.807) is 11.8 Å². The first kappa shape index (κ1) is 11.1. The maximum Gasteiger partial charge on any atom is 0.0855 e. The summed E-state index contributed by atoms with van der Waals surface area (Å²) in [6.45, 7) is 6.45. The minimum atomic E-state index is 0.530. The third kappa shape index (κ3) is 2.78. The van der Waals surface area contributed by atoms with Crippen molar-refractivity contribution in [2.45, 2.75) is 31.6 Å². The van der Waals surface area contributed by atoms with Crippen LogP contribution in [0.1, 0.15) is 30.9 Å². The van der Waals surface area contributed by atoms with E-state index in [-0.39, 0.29) is 0 Å². The molecule has 74 valence electrons. The van der Waals surface area contributed by atoms with Crippen molar-refractivity contribution in [2.24, 2.45) is 0 Å². The molecule has 0 aromatic heterocycles. The first-order chi connectivity index (χ1) is 6.65. The Hall–Kier alpha value is -0.940. The highest BCUT2D eigenvalue weighted by molar-refractivity contribution is 7.99. The van der Waals surface area contributed by atoms with Crippen LogP contribution in [-0.4, -0.2) is 5.75 Å². The Morgan fingerprint density at radius 2 is 2.14 bits per heavy atom. The average molecular weight is 205 g/mol. The molecule has 0 N–H and O–H groups in total. The Balaban J connectivity index is 2.91. The van der Waals surface area contributed by atoms with E-state index in [0.29, 0.717) is 11.7 Å². The van der Waals surface area contributed by atoms with Crippen LogP contribution in [0.5, 0.6) is 0 Å². The van der Waals surface area contributed by atoms with Crippen LogP contribution in [-0.2, 0) is 0 Å². The fourth-order valence-electron chi connectivity index (χ4n) is 1.24. The third-order valence-corrected chi connectivity index (χ3v) is 3.20. The first-order valence-electron chi connectivity index (χ1n) is 4.75. The average Bonchev–Trinajstić information content (AvgIpc) is 2.16. The van der Waals surface area contributed by atoms with Crippen LogP contribution in [0, 0.1) is 18.3 Å². The number of thioether (sulfide) groups is 1. The Morgan fingerprint density at radius 3 is 2.71 bits per heavy atom. The van der Waals surface area contributed by atoms with E-state index in [1.165, 1.54) is 16.0 Å². The van der Waals surface area contributed by atoms with Crippen LogP contribution in [0.4, 0.5) is 0 Å². The molecule has 1 rings (SSSR count). The summed E-state index contributed by atoms with van der Waals surface area (Å²) in [5, 5.41) is 8.53. The second-order valence-electron chi connectivity index (χ2n) is 3.63. The van der Waals surface area contributed by atoms with Gasteiger partial charge in [-0.3, -0.25) is 0 Å². The monoisotopic (exact) mass is 205 g/mol. The first-order valence-corrected chi connectivity index (χ1v) is 5.74. The predicted molar refractivity (Wildman–Crippen MR) is 61.6 cm³/mol. The van der Waals surface area contributed by atoms with E-state index in [0.717, 1.165) is 0 Å². The van der Waals surface area contributed by atoms with Crippen LogP contribution >= 0.6 is 11.8 Å². The fourth-order valence-corrected chi connectivity index (χ4v) is 1.98. The maximum atomic E-state index is 8.53. The van der Waals surface area contributed by atoms with Gasteiger partial charge in [-0.25, -0.2) is 0 Å². The van der Waals surface area contributed by atoms with Gasteiger partial charge in [-0.15, -0.1) is 11.8 Å². The quantitative estimate of drug-likeness (QED) is 0.702. The van der Waals surface area contributed by atoms with E-state index >= 15 is 0 Å². The zero-order valence-corrected chi connectivity index (χ0v) is 9.69. The van der Waals surface area contributed by atoms with Gasteiger partial charge in [0, 0.05) is 4.90 Å². The summed E-state index contributed by atoms with van der Waals surface area (Å²) in [5.41, 5.74) is 2.60. The molecule has 0 aliphatic carbocycles. The van der Waals surface area contributed by atoms with E-state index in [4.69, 9.17) is 5.26 Å². The molecule has 0 aliphatic rings. The van der Waals surface area contributed by atoms with Gasteiger partial charge in [-0.05, 0) is 30.0 Å². The van der Waals surface area contributed by atoms with Crippen molar-refractivity contribution in [1.29, 1.82) is 5.26 Å². The molecule has 1 aromatic rings. The summed E-state index contributed by atoms with van der Waals surface area (Å²) in [5.74, 6) is 1.08. The molecule has 14 heavy (non-hydrogen) atoms. The maximum absolute atomic E-state index is 8.53. The zero-order chi connectivity index (χ0) is 10.6. The molecule has 0 unspecified atom stereocenters. The largest absolute Gasteiger partial charge is 0.197 e. The highest BCUT2D eigenvalue weighted by Crippen LogP contribution is 2.26. The van der Waals surface area contributed by atoms with Gasteiger partial charge < -0.3 is 0 Å². The molecular weight excluding hydrogens is 190 g/mol. The Bertz CT molecular complexity index is 350. The molecular formula is C12H15NS. The van der Waals surface area contributed by atoms with Gasteiger partial charge in [0.15, 0.2) is 0 Å². The third-order valence-electron chi connectivity index (χ3n) is 2.17. The van der Waals surface area contributed by atoms with Crippen molar-refractivity contribution in [3.05, 3.63) is 29.3 Å². The summed E-state index contributed by atoms with van der Waals surface area (Å²) >= 11 is 1.62. The van der Waals surface area contributed by atoms with Crippen LogP contribution in [0.2, 0.25) is 0 Å². The van der Waals surface area contributed by atoms with Gasteiger partial charge in [-0.1, -0.05) is 26.0 Å². The normalized spacial score (nSPS) is 10.2. The molecule has 0 aliphatic heterocycles. The molecule has 0 saturated carbocycles. The number of nitriles is 1. The highest BCUT2D eigenvalue weighted by atomic mass is 32.2. The van der Waals surface area contributed by atoms with Gasteiger partial charge in [0.25, 0.3) is 0 Å². The zero-order valence-electron chi connectivity index (χ0n) is 8.87. The van der Waals surface area contributed by atoms with E-state index in [2.05, 4.69) is 45.0 Å². The Kier molecular flexibility index (Phi) is 4.03. The van der Waals surface area contributed by atoms with Crippen molar-refractivity contribution in [1.82, 2.24) is 0 Å². The minimum absolute atomic E-state index is 0.530. The SMILES string of the molecule is Cc1ccc(C(C)C)cc1SCC#N. The lowest BCUT2D eigenvalue weighted by atomic mass is 10.0. The lowest BCUT2D eigenvalue weighted by Gasteiger charge is -2.09. The number of rotatable bonds is 3. The number of hydrogen-bond acceptors (Lipinski definition) is 2. The second-order valence-corrected chi connectivity index (χ2v) is 4.64. The van der Waals surface area contributed by atoms with Crippen LogP contribution in [0.15, 0.2) is 23.1 Å². The molecule has 0 heterocycles. The predicted octanol–water partition coefficient (Wildman–Crippen LogP) is 3.73. The summed E-state index contributed by atoms with van der Waals surface area (Å²) < 4.78 is 0. The molecule has 0 radical (unpaired) electrons. The number of aryl methyl sites for hydroxylation is 1. The van der Waals surface area contributed by atoms with Crippen LogP contribution < -0.4 is 0 Å². The Morgan fingerprint density at radius 1 is 1.43 bits per heavy atom. The minimum Gasteiger partial charge on any atom is -0.197 e. The summed E-state index contributed by atoms with van der Waals surface area (Å²) in [7, 11) is 0. The van der Waals surface area contributed by atoms with Gasteiger partial charge in [0.05, 0.1) is 11.8 Å². The molecule has 0 spiro atoms. The van der Waals surface area contributed by atoms with E-state index in [9.17, 15) is 0 Å². The Labute approximate surface area is 90.1 Å². The van der Waals surface area contributed by atoms with Gasteiger partial charge in [0.1, 0.15) is 0 Å². The fraction of sp³-hybridized carbons (Fsp3) is 0.417. The van der Waals surface area contributed by atoms with Crippen LogP contribution in [0.25, 0.3) is 0 Å². The number of hydrogen-bond donors (Lipinski definition) is 0. The van der Waals surface area contributed by atoms with Crippen molar-refractivity contribution < 1.29 is 0 Å². The highest BCUT2D eigenvalue weighted by Gasteiger charge is 2.03. The van der Waals surface area contributed by atoms with Crippen molar-refractivity contribution in [2.75, 3.05) is 5.75 Å². The standard InChI is InChI=1S/C12H15NS/c1-9(2)11-5-4-10(3)12(8-11)14-7-6-13/h4-5,8-9H,7H2,1-3H3. The summed E-state index contributed by atoms with van der Waals surface area (Å²) in [4.78, 5) is 1.23. The molecule has 0 fully saturated rings. The van der Waals surface area contributed by atoms with Crippen molar-refractivity contribution >= 4 is 11.8 Å². The van der Waals surface area contributed by atoms with E-state index in [1.807, 2.05) is 0 Å². The van der Waals surface area contributed by atoms with E-state index < -0.39 is 0 Å². The molecule has 1 aromatic carbocycles. The molecule has 0 amide bonds. The molecule has 0 saturated heterocycles. The van der Waals surface area contributed by atoms with Crippen LogP contribution in [0.3, 0.4) is 0 Å². The number of benzene rings is 1.